The van der Waals surface area contributed by atoms with Crippen LogP contribution in [0.4, 0.5) is 4.39 Å². The highest BCUT2D eigenvalue weighted by Gasteiger charge is 2.28. The SMILES string of the molecule is Cc1ccc(CCC(=O)NCC(=O)NCC(c2c(F)cccc2Cl)N2CCCC2)cc1. The van der Waals surface area contributed by atoms with Crippen molar-refractivity contribution in [2.24, 2.45) is 0 Å². The lowest BCUT2D eigenvalue weighted by Crippen LogP contribution is -2.42. The van der Waals surface area contributed by atoms with Gasteiger partial charge in [-0.3, -0.25) is 14.5 Å². The van der Waals surface area contributed by atoms with Gasteiger partial charge in [0.25, 0.3) is 0 Å². The van der Waals surface area contributed by atoms with E-state index < -0.39 is 0 Å². The summed E-state index contributed by atoms with van der Waals surface area (Å²) in [5.41, 5.74) is 2.67. The Hall–Kier alpha value is -2.44. The van der Waals surface area contributed by atoms with E-state index in [1.807, 2.05) is 31.2 Å². The number of hydrogen-bond acceptors (Lipinski definition) is 3. The predicted octanol–water partition coefficient (Wildman–Crippen LogP) is 3.79. The van der Waals surface area contributed by atoms with Gasteiger partial charge in [-0.05, 0) is 57.0 Å². The molecule has 2 aromatic rings. The molecule has 0 spiro atoms. The number of nitrogens with one attached hydrogen (secondary N) is 2. The molecule has 0 aromatic heterocycles. The minimum Gasteiger partial charge on any atom is -0.353 e. The highest BCUT2D eigenvalue weighted by molar-refractivity contribution is 6.31. The van der Waals surface area contributed by atoms with Crippen LogP contribution >= 0.6 is 11.6 Å². The Balaban J connectivity index is 1.49. The number of amides is 2. The molecule has 0 bridgehead atoms. The first-order valence-corrected chi connectivity index (χ1v) is 11.1. The molecule has 2 amide bonds. The van der Waals surface area contributed by atoms with Gasteiger partial charge >= 0.3 is 0 Å². The molecule has 1 aliphatic heterocycles. The Labute approximate surface area is 188 Å². The highest BCUT2D eigenvalue weighted by atomic mass is 35.5. The molecule has 5 nitrogen and oxygen atoms in total. The summed E-state index contributed by atoms with van der Waals surface area (Å²) in [4.78, 5) is 26.5. The van der Waals surface area contributed by atoms with Gasteiger partial charge in [-0.25, -0.2) is 4.39 Å². The molecule has 3 rings (SSSR count). The average Bonchev–Trinajstić information content (AvgIpc) is 3.28. The number of rotatable bonds is 9. The van der Waals surface area contributed by atoms with E-state index in [4.69, 9.17) is 11.6 Å². The van der Waals surface area contributed by atoms with Gasteiger partial charge in [-0.2, -0.15) is 0 Å². The second-order valence-electron chi connectivity index (χ2n) is 7.96. The molecule has 1 aliphatic rings. The van der Waals surface area contributed by atoms with Crippen molar-refractivity contribution >= 4 is 23.4 Å². The van der Waals surface area contributed by atoms with Crippen molar-refractivity contribution in [2.75, 3.05) is 26.2 Å². The smallest absolute Gasteiger partial charge is 0.239 e. The number of benzene rings is 2. The number of likely N-dealkylation sites (tertiary alicyclic amines) is 1. The molecule has 31 heavy (non-hydrogen) atoms. The number of carbonyl (C=O) groups excluding carboxylic acids is 2. The van der Waals surface area contributed by atoms with Crippen molar-refractivity contribution in [1.82, 2.24) is 15.5 Å². The number of halogens is 2. The van der Waals surface area contributed by atoms with Crippen LogP contribution in [0.2, 0.25) is 5.02 Å². The average molecular weight is 446 g/mol. The Morgan fingerprint density at radius 2 is 1.77 bits per heavy atom. The van der Waals surface area contributed by atoms with Crippen LogP contribution in [0.1, 0.15) is 42.0 Å². The summed E-state index contributed by atoms with van der Waals surface area (Å²) in [6.45, 7) is 3.81. The maximum Gasteiger partial charge on any atom is 0.239 e. The van der Waals surface area contributed by atoms with Crippen LogP contribution in [0.5, 0.6) is 0 Å². The fourth-order valence-electron chi connectivity index (χ4n) is 3.85. The molecule has 1 unspecified atom stereocenters. The number of aryl methyl sites for hydroxylation is 2. The number of hydrogen-bond donors (Lipinski definition) is 2. The van der Waals surface area contributed by atoms with E-state index in [-0.39, 0.29) is 36.8 Å². The molecule has 2 aromatic carbocycles. The predicted molar refractivity (Wildman–Crippen MR) is 120 cm³/mol. The summed E-state index contributed by atoms with van der Waals surface area (Å²) in [5, 5.41) is 5.84. The second-order valence-corrected chi connectivity index (χ2v) is 8.37. The third-order valence-corrected chi connectivity index (χ3v) is 5.94. The maximum atomic E-state index is 14.5. The number of carbonyl (C=O) groups is 2. The maximum absolute atomic E-state index is 14.5. The summed E-state index contributed by atoms with van der Waals surface area (Å²) in [5.74, 6) is -0.854. The van der Waals surface area contributed by atoms with E-state index in [1.54, 1.807) is 12.1 Å². The molecule has 7 heteroatoms. The van der Waals surface area contributed by atoms with Crippen LogP contribution in [-0.2, 0) is 16.0 Å². The van der Waals surface area contributed by atoms with E-state index >= 15 is 0 Å². The molecule has 0 radical (unpaired) electrons. The van der Waals surface area contributed by atoms with Gasteiger partial charge in [-0.15, -0.1) is 0 Å². The van der Waals surface area contributed by atoms with Gasteiger partial charge in [0, 0.05) is 23.6 Å². The lowest BCUT2D eigenvalue weighted by atomic mass is 10.0. The first kappa shape index (κ1) is 23.2. The zero-order valence-corrected chi connectivity index (χ0v) is 18.6. The van der Waals surface area contributed by atoms with Crippen LogP contribution in [0.15, 0.2) is 42.5 Å². The van der Waals surface area contributed by atoms with E-state index in [0.717, 1.165) is 31.5 Å². The zero-order chi connectivity index (χ0) is 22.2. The van der Waals surface area contributed by atoms with E-state index in [1.165, 1.54) is 11.6 Å². The van der Waals surface area contributed by atoms with Crippen LogP contribution < -0.4 is 10.6 Å². The zero-order valence-electron chi connectivity index (χ0n) is 17.8. The van der Waals surface area contributed by atoms with Crippen molar-refractivity contribution in [1.29, 1.82) is 0 Å². The largest absolute Gasteiger partial charge is 0.353 e. The summed E-state index contributed by atoms with van der Waals surface area (Å²) in [6.07, 6.45) is 3.01. The summed E-state index contributed by atoms with van der Waals surface area (Å²) in [7, 11) is 0. The van der Waals surface area contributed by atoms with Crippen molar-refractivity contribution in [3.8, 4) is 0 Å². The Bertz CT molecular complexity index is 878. The van der Waals surface area contributed by atoms with Crippen LogP contribution in [0.25, 0.3) is 0 Å². The molecule has 0 aliphatic carbocycles. The van der Waals surface area contributed by atoms with Crippen LogP contribution in [0, 0.1) is 12.7 Å². The number of nitrogens with zero attached hydrogens (tertiary/aromatic N) is 1. The summed E-state index contributed by atoms with van der Waals surface area (Å²) < 4.78 is 14.5. The van der Waals surface area contributed by atoms with Crippen LogP contribution in [-0.4, -0.2) is 42.9 Å². The minimum atomic E-state index is -0.372. The summed E-state index contributed by atoms with van der Waals surface area (Å²) in [6, 6.07) is 12.3. The third kappa shape index (κ3) is 6.77. The molecular formula is C24H29ClFN3O2. The van der Waals surface area contributed by atoms with Gasteiger partial charge in [-0.1, -0.05) is 47.5 Å². The van der Waals surface area contributed by atoms with Crippen molar-refractivity contribution in [2.45, 2.75) is 38.6 Å². The minimum absolute atomic E-state index is 0.107. The fourth-order valence-corrected chi connectivity index (χ4v) is 4.14. The monoisotopic (exact) mass is 445 g/mol. The Kier molecular flexibility index (Phi) is 8.43. The van der Waals surface area contributed by atoms with Crippen molar-refractivity contribution in [3.05, 3.63) is 70.0 Å². The van der Waals surface area contributed by atoms with Gasteiger partial charge < -0.3 is 10.6 Å². The lowest BCUT2D eigenvalue weighted by Gasteiger charge is -2.29. The Morgan fingerprint density at radius 3 is 2.45 bits per heavy atom. The molecule has 1 heterocycles. The van der Waals surface area contributed by atoms with E-state index in [9.17, 15) is 14.0 Å². The molecule has 1 atom stereocenters. The van der Waals surface area contributed by atoms with Crippen molar-refractivity contribution < 1.29 is 14.0 Å². The van der Waals surface area contributed by atoms with E-state index in [0.29, 0.717) is 23.4 Å². The van der Waals surface area contributed by atoms with Crippen LogP contribution in [0.3, 0.4) is 0 Å². The molecule has 0 saturated carbocycles. The first-order chi connectivity index (χ1) is 14.9. The molecular weight excluding hydrogens is 417 g/mol. The molecule has 2 N–H and O–H groups in total. The van der Waals surface area contributed by atoms with E-state index in [2.05, 4.69) is 15.5 Å². The lowest BCUT2D eigenvalue weighted by molar-refractivity contribution is -0.126. The third-order valence-electron chi connectivity index (χ3n) is 5.61. The summed E-state index contributed by atoms with van der Waals surface area (Å²) >= 11 is 6.28. The molecule has 166 valence electrons. The van der Waals surface area contributed by atoms with Gasteiger partial charge in [0.1, 0.15) is 5.82 Å². The first-order valence-electron chi connectivity index (χ1n) is 10.7. The Morgan fingerprint density at radius 1 is 1.06 bits per heavy atom. The van der Waals surface area contributed by atoms with Gasteiger partial charge in [0.15, 0.2) is 0 Å². The molecule has 1 saturated heterocycles. The molecule has 1 fully saturated rings. The topological polar surface area (TPSA) is 61.4 Å². The quantitative estimate of drug-likeness (QED) is 0.617. The van der Waals surface area contributed by atoms with Crippen molar-refractivity contribution in [3.63, 3.8) is 0 Å². The standard InChI is InChI=1S/C24H29ClFN3O2/c1-17-7-9-18(10-8-17)11-12-22(30)28-16-23(31)27-15-21(29-13-2-3-14-29)24-19(25)5-4-6-20(24)26/h4-10,21H,2-3,11-16H2,1H3,(H,27,31)(H,28,30). The highest BCUT2D eigenvalue weighted by Crippen LogP contribution is 2.31. The second kappa shape index (κ2) is 11.3. The normalized spacial score (nSPS) is 14.9. The van der Waals surface area contributed by atoms with Gasteiger partial charge in [0.05, 0.1) is 12.6 Å². The van der Waals surface area contributed by atoms with Gasteiger partial charge in [0.2, 0.25) is 11.8 Å². The fraction of sp³-hybridized carbons (Fsp3) is 0.417.